The SMILES string of the molecule is Cc1cc(CC(=O)N2CCc3c(n(Cc4ccc(C(F)(F)F)cc4)c4ncccc34)C2)ccc1C(=O)O. The number of aromatic carboxylic acids is 1. The van der Waals surface area contributed by atoms with E-state index >= 15 is 0 Å². The van der Waals surface area contributed by atoms with Gasteiger partial charge in [-0.25, -0.2) is 9.78 Å². The molecule has 190 valence electrons. The summed E-state index contributed by atoms with van der Waals surface area (Å²) in [4.78, 5) is 30.8. The van der Waals surface area contributed by atoms with Crippen molar-refractivity contribution in [2.75, 3.05) is 6.54 Å². The Morgan fingerprint density at radius 3 is 2.46 bits per heavy atom. The van der Waals surface area contributed by atoms with Gasteiger partial charge >= 0.3 is 12.1 Å². The lowest BCUT2D eigenvalue weighted by Gasteiger charge is -2.29. The number of fused-ring (bicyclic) bond motifs is 3. The van der Waals surface area contributed by atoms with Crippen LogP contribution in [-0.2, 0) is 36.9 Å². The van der Waals surface area contributed by atoms with Crippen molar-refractivity contribution in [1.82, 2.24) is 14.5 Å². The number of rotatable bonds is 5. The van der Waals surface area contributed by atoms with Crippen LogP contribution in [0.4, 0.5) is 13.2 Å². The molecule has 9 heteroatoms. The molecule has 0 radical (unpaired) electrons. The normalized spacial score (nSPS) is 13.6. The summed E-state index contributed by atoms with van der Waals surface area (Å²) in [7, 11) is 0. The quantitative estimate of drug-likeness (QED) is 0.401. The summed E-state index contributed by atoms with van der Waals surface area (Å²) < 4.78 is 41.0. The van der Waals surface area contributed by atoms with E-state index in [2.05, 4.69) is 4.98 Å². The average Bonchev–Trinajstić information content (AvgIpc) is 3.16. The second-order valence-corrected chi connectivity index (χ2v) is 9.28. The van der Waals surface area contributed by atoms with Gasteiger partial charge in [0.2, 0.25) is 5.91 Å². The second-order valence-electron chi connectivity index (χ2n) is 9.28. The van der Waals surface area contributed by atoms with Crippen LogP contribution in [0.2, 0.25) is 0 Å². The lowest BCUT2D eigenvalue weighted by atomic mass is 10.0. The predicted molar refractivity (Wildman–Crippen MR) is 131 cm³/mol. The van der Waals surface area contributed by atoms with E-state index in [0.717, 1.165) is 40.0 Å². The highest BCUT2D eigenvalue weighted by molar-refractivity contribution is 5.89. The van der Waals surface area contributed by atoms with Crippen molar-refractivity contribution in [2.45, 2.75) is 39.0 Å². The van der Waals surface area contributed by atoms with Gasteiger partial charge in [-0.2, -0.15) is 13.2 Å². The zero-order valence-corrected chi connectivity index (χ0v) is 20.0. The minimum absolute atomic E-state index is 0.0765. The molecule has 0 aliphatic carbocycles. The highest BCUT2D eigenvalue weighted by Gasteiger charge is 2.30. The number of nitrogens with zero attached hydrogens (tertiary/aromatic N) is 3. The van der Waals surface area contributed by atoms with E-state index in [4.69, 9.17) is 0 Å². The fraction of sp³-hybridized carbons (Fsp3) is 0.250. The number of amides is 1. The topological polar surface area (TPSA) is 75.4 Å². The first kappa shape index (κ1) is 24.5. The minimum Gasteiger partial charge on any atom is -0.478 e. The molecule has 0 spiro atoms. The Labute approximate surface area is 211 Å². The van der Waals surface area contributed by atoms with Crippen molar-refractivity contribution < 1.29 is 27.9 Å². The van der Waals surface area contributed by atoms with Crippen LogP contribution in [0.15, 0.2) is 60.8 Å². The predicted octanol–water partition coefficient (Wildman–Crippen LogP) is 5.24. The molecule has 2 aromatic heterocycles. The number of aromatic nitrogens is 2. The molecule has 3 heterocycles. The molecule has 0 saturated heterocycles. The van der Waals surface area contributed by atoms with Crippen LogP contribution >= 0.6 is 0 Å². The van der Waals surface area contributed by atoms with Crippen LogP contribution in [0.3, 0.4) is 0 Å². The zero-order valence-electron chi connectivity index (χ0n) is 20.0. The lowest BCUT2D eigenvalue weighted by Crippen LogP contribution is -2.37. The van der Waals surface area contributed by atoms with Crippen LogP contribution in [0.5, 0.6) is 0 Å². The maximum atomic E-state index is 13.2. The number of carboxylic acids is 1. The molecule has 6 nitrogen and oxygen atoms in total. The molecular formula is C28H24F3N3O3. The van der Waals surface area contributed by atoms with Crippen LogP contribution < -0.4 is 0 Å². The molecule has 1 amide bonds. The standard InChI is InChI=1S/C28H24F3N3O3/c1-17-13-19(6-9-21(17)27(36)37)14-25(35)33-12-10-22-23-3-2-11-32-26(23)34(24(22)16-33)15-18-4-7-20(8-5-18)28(29,30)31/h2-9,11,13H,10,12,14-16H2,1H3,(H,36,37). The fourth-order valence-electron chi connectivity index (χ4n) is 4.99. The van der Waals surface area contributed by atoms with Crippen molar-refractivity contribution in [1.29, 1.82) is 0 Å². The number of alkyl halides is 3. The van der Waals surface area contributed by atoms with E-state index in [1.165, 1.54) is 18.2 Å². The van der Waals surface area contributed by atoms with Crippen molar-refractivity contribution in [3.05, 3.63) is 99.9 Å². The zero-order chi connectivity index (χ0) is 26.3. The van der Waals surface area contributed by atoms with Gasteiger partial charge in [0, 0.05) is 30.4 Å². The molecule has 1 N–H and O–H groups in total. The second kappa shape index (κ2) is 9.38. The van der Waals surface area contributed by atoms with Crippen molar-refractivity contribution in [2.24, 2.45) is 0 Å². The van der Waals surface area contributed by atoms with E-state index in [1.54, 1.807) is 30.2 Å². The molecular weight excluding hydrogens is 483 g/mol. The first-order valence-electron chi connectivity index (χ1n) is 11.8. The van der Waals surface area contributed by atoms with Gasteiger partial charge in [-0.05, 0) is 65.9 Å². The van der Waals surface area contributed by atoms with Gasteiger partial charge in [0.05, 0.1) is 24.1 Å². The van der Waals surface area contributed by atoms with Crippen molar-refractivity contribution in [3.63, 3.8) is 0 Å². The molecule has 5 rings (SSSR count). The van der Waals surface area contributed by atoms with E-state index in [9.17, 15) is 27.9 Å². The number of halogens is 3. The van der Waals surface area contributed by atoms with E-state index in [0.29, 0.717) is 37.2 Å². The molecule has 4 aromatic rings. The molecule has 0 saturated carbocycles. The molecule has 1 aliphatic rings. The summed E-state index contributed by atoms with van der Waals surface area (Å²) in [6.45, 7) is 2.93. The van der Waals surface area contributed by atoms with Gasteiger partial charge < -0.3 is 14.6 Å². The molecule has 2 aromatic carbocycles. The number of benzene rings is 2. The number of carbonyl (C=O) groups excluding carboxylic acids is 1. The highest BCUT2D eigenvalue weighted by atomic mass is 19.4. The Bertz CT molecular complexity index is 1510. The lowest BCUT2D eigenvalue weighted by molar-refractivity contribution is -0.137. The fourth-order valence-corrected chi connectivity index (χ4v) is 4.99. The monoisotopic (exact) mass is 507 g/mol. The third kappa shape index (κ3) is 4.81. The highest BCUT2D eigenvalue weighted by Crippen LogP contribution is 2.32. The maximum Gasteiger partial charge on any atom is 0.416 e. The smallest absolute Gasteiger partial charge is 0.416 e. The number of hydrogen-bond acceptors (Lipinski definition) is 3. The molecule has 0 unspecified atom stereocenters. The van der Waals surface area contributed by atoms with Gasteiger partial charge in [-0.15, -0.1) is 0 Å². The Hall–Kier alpha value is -4.14. The number of pyridine rings is 1. The van der Waals surface area contributed by atoms with Gasteiger partial charge in [0.25, 0.3) is 0 Å². The summed E-state index contributed by atoms with van der Waals surface area (Å²) in [5, 5.41) is 10.2. The summed E-state index contributed by atoms with van der Waals surface area (Å²) in [5.41, 5.74) is 4.31. The number of carbonyl (C=O) groups is 2. The van der Waals surface area contributed by atoms with Gasteiger partial charge in [0.15, 0.2) is 0 Å². The van der Waals surface area contributed by atoms with Crippen LogP contribution in [0, 0.1) is 6.92 Å². The maximum absolute atomic E-state index is 13.2. The van der Waals surface area contributed by atoms with Crippen LogP contribution in [0.25, 0.3) is 11.0 Å². The summed E-state index contributed by atoms with van der Waals surface area (Å²) >= 11 is 0. The van der Waals surface area contributed by atoms with Crippen molar-refractivity contribution >= 4 is 22.9 Å². The largest absolute Gasteiger partial charge is 0.478 e. The van der Waals surface area contributed by atoms with Crippen LogP contribution in [0.1, 0.15) is 43.9 Å². The Balaban J connectivity index is 1.41. The van der Waals surface area contributed by atoms with Crippen molar-refractivity contribution in [3.8, 4) is 0 Å². The first-order valence-corrected chi connectivity index (χ1v) is 11.8. The van der Waals surface area contributed by atoms with Gasteiger partial charge in [-0.1, -0.05) is 24.3 Å². The minimum atomic E-state index is -4.40. The third-order valence-corrected chi connectivity index (χ3v) is 6.87. The number of carboxylic acid groups (broad SMARTS) is 1. The van der Waals surface area contributed by atoms with Crippen LogP contribution in [-0.4, -0.2) is 38.0 Å². The molecule has 0 atom stereocenters. The number of aryl methyl sites for hydroxylation is 1. The van der Waals surface area contributed by atoms with Gasteiger partial charge in [0.1, 0.15) is 5.65 Å². The van der Waals surface area contributed by atoms with E-state index < -0.39 is 17.7 Å². The first-order chi connectivity index (χ1) is 17.6. The molecule has 0 bridgehead atoms. The Kier molecular flexibility index (Phi) is 6.23. The number of hydrogen-bond donors (Lipinski definition) is 1. The Morgan fingerprint density at radius 1 is 1.05 bits per heavy atom. The summed E-state index contributed by atoms with van der Waals surface area (Å²) in [6.07, 6.45) is -1.93. The van der Waals surface area contributed by atoms with Gasteiger partial charge in [-0.3, -0.25) is 4.79 Å². The molecule has 1 aliphatic heterocycles. The Morgan fingerprint density at radius 2 is 1.78 bits per heavy atom. The third-order valence-electron chi connectivity index (χ3n) is 6.87. The molecule has 37 heavy (non-hydrogen) atoms. The summed E-state index contributed by atoms with van der Waals surface area (Å²) in [6, 6.07) is 13.8. The molecule has 0 fully saturated rings. The van der Waals surface area contributed by atoms with E-state index in [-0.39, 0.29) is 17.9 Å². The average molecular weight is 508 g/mol. The van der Waals surface area contributed by atoms with E-state index in [1.807, 2.05) is 16.7 Å². The summed E-state index contributed by atoms with van der Waals surface area (Å²) in [5.74, 6) is -1.08.